The smallest absolute Gasteiger partial charge is 0.462 e. The molecule has 1 rings (SSSR count). The van der Waals surface area contributed by atoms with Crippen molar-refractivity contribution in [3.63, 3.8) is 0 Å². The first kappa shape index (κ1) is 52.4. The van der Waals surface area contributed by atoms with Gasteiger partial charge in [-0.1, -0.05) is 132 Å². The number of aliphatic hydroxyl groups is 2. The van der Waals surface area contributed by atoms with Crippen LogP contribution in [0.5, 0.6) is 0 Å². The number of unbranched alkanes of at least 4 members (excludes halogenated alkanes) is 11. The Kier molecular flexibility index (Phi) is 31.4. The molecule has 4 N–H and O–H groups in total. The van der Waals surface area contributed by atoms with Gasteiger partial charge in [0.2, 0.25) is 0 Å². The quantitative estimate of drug-likeness (QED) is 0.0207. The third-order valence-corrected chi connectivity index (χ3v) is 10.4. The molecule has 57 heavy (non-hydrogen) atoms. The molecular weight excluding hydrogens is 747 g/mol. The summed E-state index contributed by atoms with van der Waals surface area (Å²) in [5, 5.41) is 20.7. The highest BCUT2D eigenvalue weighted by atomic mass is 31.2. The van der Waals surface area contributed by atoms with Gasteiger partial charge in [0.05, 0.1) is 18.8 Å². The fraction of sp³-hybridized carbons (Fsp3) is 0.711. The van der Waals surface area contributed by atoms with Gasteiger partial charge in [-0.15, -0.1) is 0 Å². The Balaban J connectivity index is 2.27. The fourth-order valence-corrected chi connectivity index (χ4v) is 6.97. The second-order valence-corrected chi connectivity index (χ2v) is 16.3. The minimum Gasteiger partial charge on any atom is -0.462 e. The van der Waals surface area contributed by atoms with Gasteiger partial charge < -0.3 is 29.5 Å². The van der Waals surface area contributed by atoms with Crippen molar-refractivity contribution in [2.45, 2.75) is 180 Å². The zero-order valence-electron chi connectivity index (χ0n) is 34.9. The van der Waals surface area contributed by atoms with Gasteiger partial charge in [0.1, 0.15) is 12.4 Å². The molecule has 1 aliphatic rings. The van der Waals surface area contributed by atoms with E-state index in [2.05, 4.69) is 67.0 Å². The van der Waals surface area contributed by atoms with Crippen LogP contribution in [0, 0.1) is 11.8 Å². The van der Waals surface area contributed by atoms with Crippen molar-refractivity contribution in [1.29, 1.82) is 0 Å². The Hall–Kier alpha value is -2.66. The number of allylic oxidation sites excluding steroid dienone is 9. The van der Waals surface area contributed by atoms with Crippen LogP contribution in [-0.2, 0) is 32.9 Å². The minimum atomic E-state index is -4.83. The molecule has 5 atom stereocenters. The fourth-order valence-electron chi connectivity index (χ4n) is 6.61. The van der Waals surface area contributed by atoms with Gasteiger partial charge in [0.25, 0.3) is 0 Å². The molecule has 0 aromatic rings. The van der Waals surface area contributed by atoms with Gasteiger partial charge in [0.15, 0.2) is 6.10 Å². The van der Waals surface area contributed by atoms with E-state index in [0.717, 1.165) is 70.6 Å². The van der Waals surface area contributed by atoms with Crippen LogP contribution in [0.2, 0.25) is 0 Å². The summed E-state index contributed by atoms with van der Waals surface area (Å²) < 4.78 is 26.4. The number of rotatable bonds is 35. The van der Waals surface area contributed by atoms with Gasteiger partial charge in [-0.3, -0.25) is 18.9 Å². The number of ether oxygens (including phenoxy) is 2. The monoisotopic (exact) mass is 823 g/mol. The summed E-state index contributed by atoms with van der Waals surface area (Å²) in [5.74, 6) is -1.70. The van der Waals surface area contributed by atoms with Crippen LogP contribution in [0.25, 0.3) is 0 Å². The van der Waals surface area contributed by atoms with E-state index in [-0.39, 0.29) is 37.6 Å². The van der Waals surface area contributed by atoms with Gasteiger partial charge in [0, 0.05) is 25.2 Å². The van der Waals surface area contributed by atoms with E-state index < -0.39 is 50.6 Å². The number of carbonyl (C=O) groups excluding carboxylic acids is 3. The predicted molar refractivity (Wildman–Crippen MR) is 226 cm³/mol. The lowest BCUT2D eigenvalue weighted by Crippen LogP contribution is -2.29. The SMILES string of the molecule is CCCCC/C=C\C/C=C\C/C=C\C/C=C\CCCCCC(=O)OC[C@H](COP(=O)(O)O)OC(=O)CCCCCC[C@H]1[C@@H](O)CC(=O)[C@@H]1/C=C/[C@@H](O)CCCCC. The van der Waals surface area contributed by atoms with Crippen molar-refractivity contribution in [2.24, 2.45) is 11.8 Å². The van der Waals surface area contributed by atoms with Crippen LogP contribution in [0.4, 0.5) is 0 Å². The third kappa shape index (κ3) is 30.1. The molecule has 0 aromatic carbocycles. The number of phosphoric acid groups is 1. The van der Waals surface area contributed by atoms with Crippen LogP contribution in [0.1, 0.15) is 162 Å². The second-order valence-electron chi connectivity index (χ2n) is 15.1. The second kappa shape index (κ2) is 34.2. The molecule has 1 aliphatic carbocycles. The van der Waals surface area contributed by atoms with E-state index in [0.29, 0.717) is 32.1 Å². The van der Waals surface area contributed by atoms with Crippen molar-refractivity contribution in [3.8, 4) is 0 Å². The van der Waals surface area contributed by atoms with Gasteiger partial charge in [-0.2, -0.15) is 0 Å². The zero-order valence-corrected chi connectivity index (χ0v) is 35.8. The van der Waals surface area contributed by atoms with Crippen molar-refractivity contribution in [3.05, 3.63) is 60.8 Å². The molecule has 0 heterocycles. The van der Waals surface area contributed by atoms with Crippen LogP contribution in [0.15, 0.2) is 60.8 Å². The van der Waals surface area contributed by atoms with Crippen molar-refractivity contribution in [1.82, 2.24) is 0 Å². The number of hydrogen-bond donors (Lipinski definition) is 4. The number of hydrogen-bond acceptors (Lipinski definition) is 9. The van der Waals surface area contributed by atoms with E-state index in [1.54, 1.807) is 12.2 Å². The molecule has 1 fully saturated rings. The first-order valence-electron chi connectivity index (χ1n) is 21.7. The Morgan fingerprint density at radius 2 is 1.28 bits per heavy atom. The molecule has 12 heteroatoms. The molecule has 0 bridgehead atoms. The average Bonchev–Trinajstić information content (AvgIpc) is 3.44. The summed E-state index contributed by atoms with van der Waals surface area (Å²) in [6.45, 7) is 3.32. The average molecular weight is 823 g/mol. The summed E-state index contributed by atoms with van der Waals surface area (Å²) >= 11 is 0. The number of Topliss-reactive ketones (excluding diaryl/α,β-unsaturated/α-hetero) is 1. The summed E-state index contributed by atoms with van der Waals surface area (Å²) in [6.07, 6.45) is 37.0. The maximum absolute atomic E-state index is 12.5. The Labute approximate surface area is 343 Å². The lowest BCUT2D eigenvalue weighted by atomic mass is 9.88. The maximum atomic E-state index is 12.5. The van der Waals surface area contributed by atoms with Gasteiger partial charge in [-0.25, -0.2) is 4.57 Å². The molecular formula is C45H75O11P. The molecule has 0 aromatic heterocycles. The van der Waals surface area contributed by atoms with E-state index in [1.165, 1.54) is 25.7 Å². The molecule has 0 radical (unpaired) electrons. The molecule has 0 amide bonds. The van der Waals surface area contributed by atoms with E-state index >= 15 is 0 Å². The van der Waals surface area contributed by atoms with Gasteiger partial charge >= 0.3 is 19.8 Å². The molecule has 0 spiro atoms. The number of aliphatic hydroxyl groups excluding tert-OH is 2. The Morgan fingerprint density at radius 3 is 1.89 bits per heavy atom. The van der Waals surface area contributed by atoms with Crippen LogP contribution >= 0.6 is 7.82 Å². The topological polar surface area (TPSA) is 177 Å². The van der Waals surface area contributed by atoms with Gasteiger partial charge in [-0.05, 0) is 76.5 Å². The number of carbonyl (C=O) groups is 3. The van der Waals surface area contributed by atoms with Crippen LogP contribution < -0.4 is 0 Å². The maximum Gasteiger partial charge on any atom is 0.469 e. The highest BCUT2D eigenvalue weighted by Crippen LogP contribution is 2.36. The molecule has 1 saturated carbocycles. The third-order valence-electron chi connectivity index (χ3n) is 9.92. The van der Waals surface area contributed by atoms with E-state index in [4.69, 9.17) is 19.3 Å². The molecule has 0 saturated heterocycles. The van der Waals surface area contributed by atoms with Crippen molar-refractivity contribution in [2.75, 3.05) is 13.2 Å². The Bertz CT molecular complexity index is 1270. The molecule has 0 aliphatic heterocycles. The van der Waals surface area contributed by atoms with Crippen molar-refractivity contribution < 1.29 is 52.9 Å². The predicted octanol–water partition coefficient (Wildman–Crippen LogP) is 9.88. The first-order chi connectivity index (χ1) is 27.5. The number of phosphoric ester groups is 1. The summed E-state index contributed by atoms with van der Waals surface area (Å²) in [5.41, 5.74) is 0. The first-order valence-corrected chi connectivity index (χ1v) is 23.2. The molecule has 326 valence electrons. The highest BCUT2D eigenvalue weighted by molar-refractivity contribution is 7.46. The standard InChI is InChI=1S/C45H75O11P/c1-3-5-7-8-9-10-11-12-13-14-15-16-17-18-19-20-21-22-27-31-44(49)54-36-39(37-55-57(51,52)53)56-45(50)32-28-24-23-26-30-40-41(43(48)35-42(40)47)34-33-38(46)29-25-6-4-2/h9-10,12-13,15-16,18-19,33-34,38-42,46-47H,3-8,11,14,17,20-32,35-37H2,1-2H3,(H2,51,52,53)/b10-9-,13-12-,16-15-,19-18-,34-33+/t38-,39+,40+,41+,42-/m0/s1. The number of ketones is 1. The van der Waals surface area contributed by atoms with E-state index in [9.17, 15) is 29.2 Å². The van der Waals surface area contributed by atoms with Crippen LogP contribution in [-0.4, -0.2) is 69.2 Å². The van der Waals surface area contributed by atoms with Crippen molar-refractivity contribution >= 4 is 25.5 Å². The summed E-state index contributed by atoms with van der Waals surface area (Å²) in [6, 6.07) is 0. The summed E-state index contributed by atoms with van der Waals surface area (Å²) in [7, 11) is -4.83. The largest absolute Gasteiger partial charge is 0.469 e. The Morgan fingerprint density at radius 1 is 0.737 bits per heavy atom. The summed E-state index contributed by atoms with van der Waals surface area (Å²) in [4.78, 5) is 55.6. The molecule has 0 unspecified atom stereocenters. The number of esters is 2. The van der Waals surface area contributed by atoms with E-state index in [1.807, 2.05) is 0 Å². The minimum absolute atomic E-state index is 0.00998. The highest BCUT2D eigenvalue weighted by Gasteiger charge is 2.39. The normalized spacial score (nSPS) is 18.9. The van der Waals surface area contributed by atoms with Crippen LogP contribution in [0.3, 0.4) is 0 Å². The molecule has 11 nitrogen and oxygen atoms in total. The lowest BCUT2D eigenvalue weighted by Gasteiger charge is -2.19. The zero-order chi connectivity index (χ0) is 42.0. The lowest BCUT2D eigenvalue weighted by molar-refractivity contribution is -0.161.